The fourth-order valence-corrected chi connectivity index (χ4v) is 1.76. The molecule has 0 bridgehead atoms. The van der Waals surface area contributed by atoms with Crippen LogP contribution < -0.4 is 5.32 Å². The Bertz CT molecular complexity index is 297. The van der Waals surface area contributed by atoms with E-state index < -0.39 is 0 Å². The quantitative estimate of drug-likeness (QED) is 0.710. The van der Waals surface area contributed by atoms with Crippen molar-refractivity contribution in [1.82, 2.24) is 14.9 Å². The second-order valence-corrected chi connectivity index (χ2v) is 3.45. The van der Waals surface area contributed by atoms with E-state index in [0.29, 0.717) is 0 Å². The van der Waals surface area contributed by atoms with Gasteiger partial charge in [0.2, 0.25) is 0 Å². The van der Waals surface area contributed by atoms with Crippen LogP contribution in [0.1, 0.15) is 25.7 Å². The maximum atomic E-state index is 5.30. The van der Waals surface area contributed by atoms with E-state index in [1.165, 1.54) is 0 Å². The molecule has 0 aliphatic carbocycles. The van der Waals surface area contributed by atoms with Crippen molar-refractivity contribution in [3.8, 4) is 0 Å². The van der Waals surface area contributed by atoms with Gasteiger partial charge in [0.25, 0.3) is 0 Å². The van der Waals surface area contributed by atoms with E-state index in [1.54, 1.807) is 20.4 Å². The molecule has 0 aliphatic heterocycles. The molecule has 0 radical (unpaired) electrons. The van der Waals surface area contributed by atoms with Gasteiger partial charge in [0, 0.05) is 33.2 Å². The van der Waals surface area contributed by atoms with Crippen LogP contribution in [0.5, 0.6) is 0 Å². The van der Waals surface area contributed by atoms with Gasteiger partial charge in [0.15, 0.2) is 6.29 Å². The van der Waals surface area contributed by atoms with E-state index in [1.807, 2.05) is 6.20 Å². The van der Waals surface area contributed by atoms with Crippen LogP contribution in [0.25, 0.3) is 0 Å². The molecule has 1 rings (SSSR count). The highest BCUT2D eigenvalue weighted by Crippen LogP contribution is 2.18. The first-order valence-corrected chi connectivity index (χ1v) is 5.58. The highest BCUT2D eigenvalue weighted by atomic mass is 16.7. The molecule has 5 nitrogen and oxygen atoms in total. The fourth-order valence-electron chi connectivity index (χ4n) is 1.76. The molecule has 1 heterocycles. The number of hydrogen-bond donors (Lipinski definition) is 1. The van der Waals surface area contributed by atoms with Crippen LogP contribution in [-0.2, 0) is 16.0 Å². The molecule has 1 atom stereocenters. The molecule has 0 aromatic carbocycles. The van der Waals surface area contributed by atoms with Crippen LogP contribution in [0.4, 0.5) is 0 Å². The van der Waals surface area contributed by atoms with Crippen LogP contribution in [0.2, 0.25) is 0 Å². The summed E-state index contributed by atoms with van der Waals surface area (Å²) in [6.07, 6.45) is 3.43. The summed E-state index contributed by atoms with van der Waals surface area (Å²) in [5, 5.41) is 3.33. The molecule has 0 saturated carbocycles. The average molecular weight is 227 g/mol. The van der Waals surface area contributed by atoms with Crippen molar-refractivity contribution in [1.29, 1.82) is 0 Å². The van der Waals surface area contributed by atoms with Gasteiger partial charge in [-0.25, -0.2) is 4.98 Å². The third kappa shape index (κ3) is 2.81. The van der Waals surface area contributed by atoms with Gasteiger partial charge < -0.3 is 19.4 Å². The lowest BCUT2D eigenvalue weighted by Crippen LogP contribution is -2.36. The van der Waals surface area contributed by atoms with Crippen molar-refractivity contribution in [3.05, 3.63) is 18.2 Å². The number of ether oxygens (including phenoxy) is 2. The normalized spacial score (nSPS) is 13.3. The second kappa shape index (κ2) is 6.62. The van der Waals surface area contributed by atoms with Crippen LogP contribution in [0.3, 0.4) is 0 Å². The van der Waals surface area contributed by atoms with Crippen molar-refractivity contribution in [2.45, 2.75) is 32.7 Å². The van der Waals surface area contributed by atoms with Crippen molar-refractivity contribution in [3.63, 3.8) is 0 Å². The minimum atomic E-state index is -0.326. The zero-order valence-corrected chi connectivity index (χ0v) is 10.4. The Morgan fingerprint density at radius 2 is 2.06 bits per heavy atom. The molecule has 0 amide bonds. The molecule has 1 N–H and O–H groups in total. The Morgan fingerprint density at radius 1 is 1.38 bits per heavy atom. The number of methoxy groups -OCH3 is 2. The number of hydrogen-bond acceptors (Lipinski definition) is 4. The third-order valence-electron chi connectivity index (χ3n) is 2.53. The predicted molar refractivity (Wildman–Crippen MR) is 62.1 cm³/mol. The third-order valence-corrected chi connectivity index (χ3v) is 2.53. The van der Waals surface area contributed by atoms with Crippen LogP contribution >= 0.6 is 0 Å². The second-order valence-electron chi connectivity index (χ2n) is 3.45. The van der Waals surface area contributed by atoms with Crippen molar-refractivity contribution in [2.24, 2.45) is 0 Å². The highest BCUT2D eigenvalue weighted by Gasteiger charge is 2.25. The van der Waals surface area contributed by atoms with Gasteiger partial charge in [-0.05, 0) is 13.5 Å². The lowest BCUT2D eigenvalue weighted by molar-refractivity contribution is -0.125. The van der Waals surface area contributed by atoms with E-state index in [0.717, 1.165) is 18.9 Å². The van der Waals surface area contributed by atoms with Crippen LogP contribution in [0, 0.1) is 0 Å². The standard InChI is InChI=1S/C11H21N3O2/c1-5-12-9(11(15-3)16-4)10-13-7-8-14(10)6-2/h7-9,11-12H,5-6H2,1-4H3. The molecule has 16 heavy (non-hydrogen) atoms. The van der Waals surface area contributed by atoms with Crippen molar-refractivity contribution in [2.75, 3.05) is 20.8 Å². The molecule has 5 heteroatoms. The van der Waals surface area contributed by atoms with Crippen LogP contribution in [-0.4, -0.2) is 36.6 Å². The molecule has 0 spiro atoms. The molecule has 0 saturated heterocycles. The Balaban J connectivity index is 2.91. The summed E-state index contributed by atoms with van der Waals surface area (Å²) < 4.78 is 12.7. The maximum absolute atomic E-state index is 5.30. The van der Waals surface area contributed by atoms with Crippen LogP contribution in [0.15, 0.2) is 12.4 Å². The summed E-state index contributed by atoms with van der Waals surface area (Å²) in [5.74, 6) is 0.943. The lowest BCUT2D eigenvalue weighted by Gasteiger charge is -2.25. The number of rotatable bonds is 7. The molecule has 0 aliphatic rings. The predicted octanol–water partition coefficient (Wildman–Crippen LogP) is 1.17. The van der Waals surface area contributed by atoms with E-state index in [2.05, 4.69) is 28.7 Å². The summed E-state index contributed by atoms with van der Waals surface area (Å²) in [7, 11) is 3.27. The largest absolute Gasteiger partial charge is 0.354 e. The number of aromatic nitrogens is 2. The first kappa shape index (κ1) is 13.2. The monoisotopic (exact) mass is 227 g/mol. The summed E-state index contributed by atoms with van der Waals surface area (Å²) in [4.78, 5) is 4.36. The minimum absolute atomic E-state index is 0.0463. The minimum Gasteiger partial charge on any atom is -0.354 e. The fraction of sp³-hybridized carbons (Fsp3) is 0.727. The van der Waals surface area contributed by atoms with Gasteiger partial charge in [0.05, 0.1) is 0 Å². The molecule has 1 aromatic rings. The molecule has 1 aromatic heterocycles. The summed E-state index contributed by atoms with van der Waals surface area (Å²) in [6.45, 7) is 5.86. The summed E-state index contributed by atoms with van der Waals surface area (Å²) in [6, 6.07) is -0.0463. The van der Waals surface area contributed by atoms with Crippen molar-refractivity contribution < 1.29 is 9.47 Å². The molecular formula is C11H21N3O2. The van der Waals surface area contributed by atoms with Crippen molar-refractivity contribution >= 4 is 0 Å². The van der Waals surface area contributed by atoms with Gasteiger partial charge in [-0.2, -0.15) is 0 Å². The lowest BCUT2D eigenvalue weighted by atomic mass is 10.2. The van der Waals surface area contributed by atoms with E-state index in [-0.39, 0.29) is 12.3 Å². The average Bonchev–Trinajstić information content (AvgIpc) is 2.77. The number of imidazole rings is 1. The zero-order valence-electron chi connectivity index (χ0n) is 10.4. The number of nitrogens with zero attached hydrogens (tertiary/aromatic N) is 2. The summed E-state index contributed by atoms with van der Waals surface area (Å²) in [5.41, 5.74) is 0. The maximum Gasteiger partial charge on any atom is 0.179 e. The van der Waals surface area contributed by atoms with Gasteiger partial charge in [-0.3, -0.25) is 0 Å². The first-order valence-electron chi connectivity index (χ1n) is 5.58. The smallest absolute Gasteiger partial charge is 0.179 e. The molecule has 92 valence electrons. The van der Waals surface area contributed by atoms with Gasteiger partial charge in [-0.1, -0.05) is 6.92 Å². The van der Waals surface area contributed by atoms with Gasteiger partial charge in [-0.15, -0.1) is 0 Å². The molecule has 1 unspecified atom stereocenters. The van der Waals surface area contributed by atoms with E-state index in [9.17, 15) is 0 Å². The zero-order chi connectivity index (χ0) is 12.0. The van der Waals surface area contributed by atoms with E-state index >= 15 is 0 Å². The highest BCUT2D eigenvalue weighted by molar-refractivity contribution is 5.01. The van der Waals surface area contributed by atoms with E-state index in [4.69, 9.17) is 9.47 Å². The Labute approximate surface area is 96.8 Å². The van der Waals surface area contributed by atoms with Gasteiger partial charge in [0.1, 0.15) is 11.9 Å². The summed E-state index contributed by atoms with van der Waals surface area (Å²) >= 11 is 0. The number of aryl methyl sites for hydroxylation is 1. The number of likely N-dealkylation sites (N-methyl/N-ethyl adjacent to an activating group) is 1. The topological polar surface area (TPSA) is 48.3 Å². The Morgan fingerprint density at radius 3 is 2.56 bits per heavy atom. The number of nitrogens with one attached hydrogen (secondary N) is 1. The molecular weight excluding hydrogens is 206 g/mol. The first-order chi connectivity index (χ1) is 7.78. The Kier molecular flexibility index (Phi) is 5.45. The molecule has 0 fully saturated rings. The SMILES string of the molecule is CCNC(c1nccn1CC)C(OC)OC. The Hall–Kier alpha value is -0.910. The van der Waals surface area contributed by atoms with Gasteiger partial charge >= 0.3 is 0 Å².